The number of hydrogen-bond donors (Lipinski definition) is 4. The molecule has 13 heteroatoms. The van der Waals surface area contributed by atoms with Gasteiger partial charge in [-0.2, -0.15) is 0 Å². The summed E-state index contributed by atoms with van der Waals surface area (Å²) in [6.07, 6.45) is 0. The number of hydrogen-bond acceptors (Lipinski definition) is 7. The predicted octanol–water partition coefficient (Wildman–Crippen LogP) is 5.88. The standard InChI is InChI=1S/C10H15NO2.2C8H6Cl2O3/c12-8-6-11(7-9-13)10-4-2-1-3-5-10;2*1-13-7-5(10)3-2-4(9)6(7)8(11)12/h1-5,12-13H,6-9H2;2*2-3H,1H3,(H,11,12). The minimum absolute atomic E-state index is 0.0849. The second-order valence-electron chi connectivity index (χ2n) is 7.26. The van der Waals surface area contributed by atoms with Gasteiger partial charge in [0.15, 0.2) is 11.5 Å². The fraction of sp³-hybridized carbons (Fsp3) is 0.231. The Morgan fingerprint density at radius 3 is 1.31 bits per heavy atom. The van der Waals surface area contributed by atoms with Crippen LogP contribution in [0.15, 0.2) is 54.6 Å². The summed E-state index contributed by atoms with van der Waals surface area (Å²) in [4.78, 5) is 23.4. The largest absolute Gasteiger partial charge is 0.494 e. The van der Waals surface area contributed by atoms with Crippen LogP contribution < -0.4 is 14.4 Å². The molecule has 0 spiro atoms. The number of ether oxygens (including phenoxy) is 2. The first-order valence-electron chi connectivity index (χ1n) is 11.1. The summed E-state index contributed by atoms with van der Waals surface area (Å²) in [5, 5.41) is 35.8. The maximum absolute atomic E-state index is 10.7. The molecule has 3 rings (SSSR count). The predicted molar refractivity (Wildman–Crippen MR) is 153 cm³/mol. The number of halogens is 4. The van der Waals surface area contributed by atoms with Crippen LogP contribution in [0.25, 0.3) is 0 Å². The van der Waals surface area contributed by atoms with Gasteiger partial charge < -0.3 is 34.8 Å². The number of carboxylic acid groups (broad SMARTS) is 2. The van der Waals surface area contributed by atoms with Crippen LogP contribution in [0.4, 0.5) is 5.69 Å². The average Bonchev–Trinajstić information content (AvgIpc) is 2.91. The van der Waals surface area contributed by atoms with E-state index >= 15 is 0 Å². The molecule has 3 aromatic rings. The summed E-state index contributed by atoms with van der Waals surface area (Å²) in [7, 11) is 2.67. The molecule has 0 aromatic heterocycles. The van der Waals surface area contributed by atoms with Gasteiger partial charge in [-0.3, -0.25) is 0 Å². The summed E-state index contributed by atoms with van der Waals surface area (Å²) in [6, 6.07) is 15.5. The molecule has 0 fully saturated rings. The third-order valence-corrected chi connectivity index (χ3v) is 6.04. The Kier molecular flexibility index (Phi) is 15.4. The molecule has 0 heterocycles. The minimum Gasteiger partial charge on any atom is -0.494 e. The summed E-state index contributed by atoms with van der Waals surface area (Å²) in [5.74, 6) is -2.16. The van der Waals surface area contributed by atoms with E-state index in [1.54, 1.807) is 0 Å². The van der Waals surface area contributed by atoms with Gasteiger partial charge >= 0.3 is 11.9 Å². The van der Waals surface area contributed by atoms with E-state index in [-0.39, 0.29) is 55.9 Å². The molecule has 39 heavy (non-hydrogen) atoms. The second kappa shape index (κ2) is 17.6. The van der Waals surface area contributed by atoms with Crippen molar-refractivity contribution in [1.29, 1.82) is 0 Å². The molecule has 0 atom stereocenters. The van der Waals surface area contributed by atoms with Gasteiger partial charge in [-0.1, -0.05) is 64.6 Å². The minimum atomic E-state index is -1.16. The highest BCUT2D eigenvalue weighted by molar-refractivity contribution is 6.37. The van der Waals surface area contributed by atoms with E-state index in [1.807, 2.05) is 35.2 Å². The molecule has 0 aliphatic heterocycles. The number of aliphatic hydroxyl groups excluding tert-OH is 2. The molecule has 0 saturated carbocycles. The molecule has 4 N–H and O–H groups in total. The van der Waals surface area contributed by atoms with Crippen molar-refractivity contribution in [2.75, 3.05) is 45.4 Å². The number of benzene rings is 3. The summed E-state index contributed by atoms with van der Waals surface area (Å²) in [5.41, 5.74) is 0.805. The molecule has 0 aliphatic carbocycles. The molecule has 0 saturated heterocycles. The normalized spacial score (nSPS) is 9.85. The zero-order valence-electron chi connectivity index (χ0n) is 20.9. The van der Waals surface area contributed by atoms with E-state index < -0.39 is 11.9 Å². The topological polar surface area (TPSA) is 137 Å². The third kappa shape index (κ3) is 10.3. The van der Waals surface area contributed by atoms with Crippen LogP contribution in [0.5, 0.6) is 11.5 Å². The Labute approximate surface area is 245 Å². The van der Waals surface area contributed by atoms with E-state index in [9.17, 15) is 9.59 Å². The Morgan fingerprint density at radius 2 is 1.03 bits per heavy atom. The first kappa shape index (κ1) is 34.1. The quantitative estimate of drug-likeness (QED) is 0.231. The molecular weight excluding hydrogens is 596 g/mol. The van der Waals surface area contributed by atoms with Crippen LogP contribution in [0.2, 0.25) is 20.1 Å². The highest BCUT2D eigenvalue weighted by Gasteiger charge is 2.19. The first-order valence-corrected chi connectivity index (χ1v) is 12.6. The van der Waals surface area contributed by atoms with E-state index in [0.29, 0.717) is 13.1 Å². The number of methoxy groups -OCH3 is 2. The van der Waals surface area contributed by atoms with Crippen molar-refractivity contribution < 1.29 is 39.5 Å². The Bertz CT molecular complexity index is 1150. The number of para-hydroxylation sites is 1. The summed E-state index contributed by atoms with van der Waals surface area (Å²) in [6.45, 7) is 1.33. The highest BCUT2D eigenvalue weighted by Crippen LogP contribution is 2.34. The van der Waals surface area contributed by atoms with Crippen LogP contribution in [-0.2, 0) is 0 Å². The number of carboxylic acids is 2. The fourth-order valence-electron chi connectivity index (χ4n) is 3.11. The van der Waals surface area contributed by atoms with Crippen molar-refractivity contribution in [3.05, 3.63) is 85.8 Å². The lowest BCUT2D eigenvalue weighted by atomic mass is 10.2. The van der Waals surface area contributed by atoms with Crippen molar-refractivity contribution in [3.8, 4) is 11.5 Å². The van der Waals surface area contributed by atoms with Crippen LogP contribution in [0, 0.1) is 0 Å². The van der Waals surface area contributed by atoms with Crippen molar-refractivity contribution in [3.63, 3.8) is 0 Å². The fourth-order valence-corrected chi connectivity index (χ4v) is 4.04. The second-order valence-corrected chi connectivity index (χ2v) is 8.88. The van der Waals surface area contributed by atoms with Crippen molar-refractivity contribution in [2.45, 2.75) is 0 Å². The molecule has 0 unspecified atom stereocenters. The number of carbonyl (C=O) groups is 2. The summed E-state index contributed by atoms with van der Waals surface area (Å²) < 4.78 is 9.64. The third-order valence-electron chi connectivity index (χ3n) is 4.81. The monoisotopic (exact) mass is 621 g/mol. The molecule has 0 amide bonds. The molecule has 212 valence electrons. The zero-order chi connectivity index (χ0) is 29.5. The lowest BCUT2D eigenvalue weighted by Crippen LogP contribution is -2.29. The maximum atomic E-state index is 10.7. The van der Waals surface area contributed by atoms with Gasteiger partial charge in [0, 0.05) is 18.8 Å². The first-order chi connectivity index (χ1) is 18.5. The number of anilines is 1. The van der Waals surface area contributed by atoms with Crippen molar-refractivity contribution >= 4 is 64.0 Å². The van der Waals surface area contributed by atoms with Gasteiger partial charge in [-0.25, -0.2) is 9.59 Å². The molecule has 0 radical (unpaired) electrons. The number of nitrogens with zero attached hydrogens (tertiary/aromatic N) is 1. The van der Waals surface area contributed by atoms with Crippen LogP contribution in [0.3, 0.4) is 0 Å². The van der Waals surface area contributed by atoms with Gasteiger partial charge in [0.05, 0.1) is 47.5 Å². The number of rotatable bonds is 9. The van der Waals surface area contributed by atoms with Crippen molar-refractivity contribution in [2.24, 2.45) is 0 Å². The van der Waals surface area contributed by atoms with Gasteiger partial charge in [0.25, 0.3) is 0 Å². The Morgan fingerprint density at radius 1 is 0.667 bits per heavy atom. The smallest absolute Gasteiger partial charge is 0.341 e. The van der Waals surface area contributed by atoms with E-state index in [0.717, 1.165) is 5.69 Å². The van der Waals surface area contributed by atoms with Gasteiger partial charge in [0.1, 0.15) is 11.1 Å². The lowest BCUT2D eigenvalue weighted by Gasteiger charge is -2.22. The Hall–Kier alpha value is -2.92. The van der Waals surface area contributed by atoms with Crippen LogP contribution >= 0.6 is 46.4 Å². The molecule has 0 aliphatic rings. The highest BCUT2D eigenvalue weighted by atomic mass is 35.5. The van der Waals surface area contributed by atoms with E-state index in [2.05, 4.69) is 0 Å². The zero-order valence-corrected chi connectivity index (χ0v) is 23.9. The Balaban J connectivity index is 0.000000292. The maximum Gasteiger partial charge on any atom is 0.341 e. The molecule has 0 bridgehead atoms. The number of aromatic carboxylic acids is 2. The average molecular weight is 623 g/mol. The summed E-state index contributed by atoms with van der Waals surface area (Å²) >= 11 is 22.7. The van der Waals surface area contributed by atoms with Gasteiger partial charge in [-0.15, -0.1) is 0 Å². The number of aliphatic hydroxyl groups is 2. The van der Waals surface area contributed by atoms with Crippen LogP contribution in [-0.4, -0.2) is 72.9 Å². The van der Waals surface area contributed by atoms with Gasteiger partial charge in [-0.05, 0) is 36.4 Å². The lowest BCUT2D eigenvalue weighted by molar-refractivity contribution is 0.0682. The van der Waals surface area contributed by atoms with Crippen LogP contribution in [0.1, 0.15) is 20.7 Å². The SMILES string of the molecule is COc1c(Cl)ccc(Cl)c1C(=O)O.COc1c(Cl)ccc(Cl)c1C(=O)O.OCCN(CCO)c1ccccc1. The van der Waals surface area contributed by atoms with Gasteiger partial charge in [0.2, 0.25) is 0 Å². The van der Waals surface area contributed by atoms with E-state index in [1.165, 1.54) is 38.5 Å². The van der Waals surface area contributed by atoms with Crippen molar-refractivity contribution in [1.82, 2.24) is 0 Å². The van der Waals surface area contributed by atoms with E-state index in [4.69, 9.17) is 76.3 Å². The molecule has 3 aromatic carbocycles. The molecule has 9 nitrogen and oxygen atoms in total. The molecular formula is C26H27Cl4NO8.